The average Bonchev–Trinajstić information content (AvgIpc) is 1.00. The fourth-order valence-corrected chi connectivity index (χ4v) is 0. The molecule has 0 aromatic rings. The molecule has 0 amide bonds. The average molecular weight is 261 g/mol. The van der Waals surface area contributed by atoms with Crippen LogP contribution in [0.3, 0.4) is 0 Å². The summed E-state index contributed by atoms with van der Waals surface area (Å²) in [5, 5.41) is 0. The van der Waals surface area contributed by atoms with Gasteiger partial charge in [-0.25, -0.2) is 0 Å². The number of rotatable bonds is 0. The maximum absolute atomic E-state index is 9.31. The Morgan fingerprint density at radius 1 is 1.25 bits per heavy atom. The number of hydrogen-bond acceptors (Lipinski definition) is 0. The summed E-state index contributed by atoms with van der Waals surface area (Å²) >= 11 is 1.44. The van der Waals surface area contributed by atoms with E-state index in [1.54, 1.807) is 0 Å². The van der Waals surface area contributed by atoms with Crippen LogP contribution in [0.5, 0.6) is 0 Å². The third-order valence-electron chi connectivity index (χ3n) is 0. The van der Waals surface area contributed by atoms with E-state index in [2.05, 4.69) is 0 Å². The fourth-order valence-electron chi connectivity index (χ4n) is 0. The Kier molecular flexibility index (Phi) is 68.1. The Balaban J connectivity index is -0.00000000500. The normalized spacial score (nSPS) is 1.50. The number of hydrogen-bond donors (Lipinski definition) is 0. The SMILES string of the molecule is FBr.[Ba].[Mg]. The van der Waals surface area contributed by atoms with Crippen LogP contribution in [0.2, 0.25) is 0 Å². The van der Waals surface area contributed by atoms with Crippen molar-refractivity contribution in [3.8, 4) is 0 Å². The van der Waals surface area contributed by atoms with Crippen molar-refractivity contribution in [2.45, 2.75) is 0 Å². The predicted octanol–water partition coefficient (Wildman–Crippen LogP) is 0.504. The van der Waals surface area contributed by atoms with Crippen molar-refractivity contribution in [2.24, 2.45) is 0 Å². The van der Waals surface area contributed by atoms with Crippen molar-refractivity contribution in [3.05, 3.63) is 0 Å². The van der Waals surface area contributed by atoms with Gasteiger partial charge >= 0.3 is 0 Å². The Morgan fingerprint density at radius 3 is 1.25 bits per heavy atom. The van der Waals surface area contributed by atoms with Gasteiger partial charge in [-0.2, -0.15) is 3.56 Å². The molecule has 0 heterocycles. The largest absolute Gasteiger partial charge is 0.158 e. The molecule has 0 saturated heterocycles. The second-order valence-electron chi connectivity index (χ2n) is 0. The van der Waals surface area contributed by atoms with Crippen LogP contribution in [0.4, 0.5) is 3.56 Å². The molecule has 0 nitrogen and oxygen atoms in total. The van der Waals surface area contributed by atoms with E-state index in [1.807, 2.05) is 0 Å². The van der Waals surface area contributed by atoms with Crippen LogP contribution in [0.15, 0.2) is 0 Å². The smallest absolute Gasteiger partial charge is 0.158 e. The zero-order valence-electron chi connectivity index (χ0n) is 2.17. The molecule has 0 saturated carbocycles. The molecule has 0 spiro atoms. The summed E-state index contributed by atoms with van der Waals surface area (Å²) in [6, 6.07) is 0. The molecular weight excluding hydrogens is 261 g/mol. The molecule has 18 valence electrons. The Hall–Kier alpha value is 2.75. The van der Waals surface area contributed by atoms with Crippen LogP contribution in [0, 0.1) is 0 Å². The van der Waals surface area contributed by atoms with E-state index in [-0.39, 0.29) is 71.9 Å². The van der Waals surface area contributed by atoms with Gasteiger partial charge in [-0.3, -0.25) is 0 Å². The van der Waals surface area contributed by atoms with Gasteiger partial charge in [0.1, 0.15) is 0 Å². The van der Waals surface area contributed by atoms with Crippen LogP contribution in [0.1, 0.15) is 0 Å². The summed E-state index contributed by atoms with van der Waals surface area (Å²) in [7, 11) is 0. The van der Waals surface area contributed by atoms with Gasteiger partial charge in [0.25, 0.3) is 0 Å². The summed E-state index contributed by atoms with van der Waals surface area (Å²) < 4.78 is 9.31. The van der Waals surface area contributed by atoms with E-state index in [9.17, 15) is 3.56 Å². The van der Waals surface area contributed by atoms with Gasteiger partial charge in [0.15, 0.2) is 16.4 Å². The van der Waals surface area contributed by atoms with Crippen molar-refractivity contribution in [3.63, 3.8) is 0 Å². The van der Waals surface area contributed by atoms with E-state index in [0.717, 1.165) is 0 Å². The van der Waals surface area contributed by atoms with E-state index < -0.39 is 0 Å². The molecule has 0 N–H and O–H groups in total. The Labute approximate surface area is 89.7 Å². The van der Waals surface area contributed by atoms with Crippen LogP contribution in [0.25, 0.3) is 0 Å². The standard InChI is InChI=1S/Ba.BrF.Mg/c;1-2;. The van der Waals surface area contributed by atoms with Gasteiger partial charge in [-0.15, -0.1) is 0 Å². The minimum atomic E-state index is 0. The summed E-state index contributed by atoms with van der Waals surface area (Å²) in [5.74, 6) is 0. The van der Waals surface area contributed by atoms with Crippen molar-refractivity contribution >= 4 is 88.3 Å². The second-order valence-corrected chi connectivity index (χ2v) is 0. The molecule has 0 rings (SSSR count). The third kappa shape index (κ3) is 8.83. The maximum atomic E-state index is 9.31. The van der Waals surface area contributed by atoms with Crippen molar-refractivity contribution < 1.29 is 3.56 Å². The molecule has 4 heteroatoms. The first-order valence-corrected chi connectivity index (χ1v) is 0.742. The second kappa shape index (κ2) is 17.2. The first-order valence-electron chi connectivity index (χ1n) is 0.143. The molecular formula is BaBrFMg. The first kappa shape index (κ1) is 15.9. The minimum Gasteiger partial charge on any atom is -0.158 e. The van der Waals surface area contributed by atoms with E-state index in [1.165, 1.54) is 16.4 Å². The van der Waals surface area contributed by atoms with Gasteiger partial charge in [0.2, 0.25) is 0 Å². The molecule has 0 aromatic carbocycles. The van der Waals surface area contributed by atoms with Crippen LogP contribution in [-0.2, 0) is 0 Å². The monoisotopic (exact) mass is 260 g/mol. The molecule has 0 atom stereocenters. The third-order valence-corrected chi connectivity index (χ3v) is 0. The molecule has 4 radical (unpaired) electrons. The summed E-state index contributed by atoms with van der Waals surface area (Å²) in [4.78, 5) is 0. The van der Waals surface area contributed by atoms with Crippen LogP contribution >= 0.6 is 16.4 Å². The summed E-state index contributed by atoms with van der Waals surface area (Å²) in [6.07, 6.45) is 0. The van der Waals surface area contributed by atoms with Gasteiger partial charge in [0.05, 0.1) is 0 Å². The summed E-state index contributed by atoms with van der Waals surface area (Å²) in [5.41, 5.74) is 0. The van der Waals surface area contributed by atoms with Crippen LogP contribution in [-0.4, -0.2) is 71.9 Å². The molecule has 0 aromatic heterocycles. The maximum Gasteiger partial charge on any atom is 0.158 e. The first-order chi connectivity index (χ1) is 1.00. The van der Waals surface area contributed by atoms with Crippen molar-refractivity contribution in [1.82, 2.24) is 0 Å². The molecule has 0 aliphatic carbocycles. The molecule has 0 aliphatic rings. The molecule has 0 bridgehead atoms. The zero-order chi connectivity index (χ0) is 2.00. The predicted molar refractivity (Wildman–Crippen MR) is 21.5 cm³/mol. The zero-order valence-corrected chi connectivity index (χ0v) is 9.61. The van der Waals surface area contributed by atoms with Gasteiger partial charge in [-0.1, -0.05) is 0 Å². The number of halogens is 2. The van der Waals surface area contributed by atoms with Crippen molar-refractivity contribution in [1.29, 1.82) is 0 Å². The Bertz CT molecular complexity index is 8.00. The van der Waals surface area contributed by atoms with E-state index in [4.69, 9.17) is 0 Å². The molecule has 4 heavy (non-hydrogen) atoms. The minimum absolute atomic E-state index is 0. The molecule has 0 fully saturated rings. The topological polar surface area (TPSA) is 0 Å². The van der Waals surface area contributed by atoms with Crippen molar-refractivity contribution in [2.75, 3.05) is 0 Å². The van der Waals surface area contributed by atoms with E-state index in [0.29, 0.717) is 0 Å². The van der Waals surface area contributed by atoms with Crippen LogP contribution < -0.4 is 0 Å². The molecule has 0 unspecified atom stereocenters. The Morgan fingerprint density at radius 2 is 1.25 bits per heavy atom. The van der Waals surface area contributed by atoms with Gasteiger partial charge in [-0.05, 0) is 0 Å². The van der Waals surface area contributed by atoms with E-state index >= 15 is 0 Å². The summed E-state index contributed by atoms with van der Waals surface area (Å²) in [6.45, 7) is 0. The molecule has 0 aliphatic heterocycles. The quantitative estimate of drug-likeness (QED) is 0.557. The fraction of sp³-hybridized carbons (Fsp3) is 0. The van der Waals surface area contributed by atoms with Gasteiger partial charge < -0.3 is 0 Å². The van der Waals surface area contributed by atoms with Gasteiger partial charge in [0, 0.05) is 71.9 Å².